The highest BCUT2D eigenvalue weighted by atomic mass is 35.5. The molecule has 3 rings (SSSR count). The highest BCUT2D eigenvalue weighted by molar-refractivity contribution is 6.35. The molecule has 2 aromatic rings. The summed E-state index contributed by atoms with van der Waals surface area (Å²) >= 11 is 6.67. The molecule has 1 amide bonds. The van der Waals surface area contributed by atoms with Crippen LogP contribution in [0.1, 0.15) is 52.2 Å². The van der Waals surface area contributed by atoms with Gasteiger partial charge >= 0.3 is 0 Å². The van der Waals surface area contributed by atoms with Gasteiger partial charge in [-0.1, -0.05) is 11.6 Å². The van der Waals surface area contributed by atoms with Crippen LogP contribution in [0.15, 0.2) is 16.9 Å². The van der Waals surface area contributed by atoms with Crippen molar-refractivity contribution in [2.75, 3.05) is 20.6 Å². The van der Waals surface area contributed by atoms with Crippen LogP contribution in [-0.4, -0.2) is 47.4 Å². The predicted octanol–water partition coefficient (Wildman–Crippen LogP) is 3.69. The maximum absolute atomic E-state index is 13.5. The van der Waals surface area contributed by atoms with Crippen LogP contribution in [0.3, 0.4) is 0 Å². The van der Waals surface area contributed by atoms with Crippen LogP contribution in [0, 0.1) is 13.8 Å². The summed E-state index contributed by atoms with van der Waals surface area (Å²) in [5.74, 6) is 0.372. The Morgan fingerprint density at radius 3 is 2.53 bits per heavy atom. The Balaban J connectivity index is 2.03. The molecule has 0 saturated carbocycles. The number of nitrogens with zero attached hydrogens (tertiary/aromatic N) is 2. The molecule has 2 heterocycles. The van der Waals surface area contributed by atoms with Gasteiger partial charge in [0.15, 0.2) is 0 Å². The number of fused-ring (bicyclic) bond motifs is 1. The van der Waals surface area contributed by atoms with Crippen LogP contribution in [0.5, 0.6) is 5.75 Å². The zero-order valence-electron chi connectivity index (χ0n) is 18.6. The van der Waals surface area contributed by atoms with E-state index in [4.69, 9.17) is 16.3 Å². The van der Waals surface area contributed by atoms with Gasteiger partial charge in [-0.25, -0.2) is 0 Å². The molecule has 0 spiro atoms. The third-order valence-corrected chi connectivity index (χ3v) is 5.63. The zero-order valence-corrected chi connectivity index (χ0v) is 19.3. The van der Waals surface area contributed by atoms with Crippen molar-refractivity contribution in [1.82, 2.24) is 14.8 Å². The van der Waals surface area contributed by atoms with Crippen LogP contribution < -0.4 is 10.3 Å². The van der Waals surface area contributed by atoms with Gasteiger partial charge in [0.2, 0.25) is 0 Å². The van der Waals surface area contributed by atoms with Crippen molar-refractivity contribution >= 4 is 17.5 Å². The second kappa shape index (κ2) is 8.82. The minimum absolute atomic E-state index is 0.0590. The summed E-state index contributed by atoms with van der Waals surface area (Å²) in [6.45, 7) is 9.11. The number of nitrogens with one attached hydrogen (secondary N) is 1. The van der Waals surface area contributed by atoms with E-state index in [0.717, 1.165) is 22.4 Å². The highest BCUT2D eigenvalue weighted by Crippen LogP contribution is 2.38. The minimum atomic E-state index is -0.158. The molecule has 1 aromatic carbocycles. The summed E-state index contributed by atoms with van der Waals surface area (Å²) in [6.07, 6.45) is 0.630. The summed E-state index contributed by atoms with van der Waals surface area (Å²) in [5.41, 5.74) is 4.67. The first-order valence-electron chi connectivity index (χ1n) is 10.2. The van der Waals surface area contributed by atoms with Gasteiger partial charge < -0.3 is 19.5 Å². The molecular formula is C23H30ClN3O3. The second-order valence-electron chi connectivity index (χ2n) is 8.53. The molecule has 0 aliphatic carbocycles. The fraction of sp³-hybridized carbons (Fsp3) is 0.478. The first kappa shape index (κ1) is 22.4. The average molecular weight is 432 g/mol. The fourth-order valence-electron chi connectivity index (χ4n) is 3.98. The number of carbonyl (C=O) groups excluding carboxylic acids is 1. The molecule has 0 saturated heterocycles. The Labute approximate surface area is 182 Å². The Hall–Kier alpha value is -2.31. The molecule has 0 radical (unpaired) electrons. The third kappa shape index (κ3) is 4.55. The molecule has 0 atom stereocenters. The number of benzene rings is 1. The Morgan fingerprint density at radius 1 is 1.23 bits per heavy atom. The number of rotatable bonds is 6. The lowest BCUT2D eigenvalue weighted by molar-refractivity contribution is 0.0724. The van der Waals surface area contributed by atoms with Gasteiger partial charge in [-0.15, -0.1) is 0 Å². The standard InChI is InChI=1S/C23H30ClN3O3/c1-13(2)30-19-10-16(11-26(5)6)17-7-8-27(23(29)20(17)21(19)24)12-18-14(3)9-15(4)25-22(18)28/h9-10,13H,7-8,11-12H2,1-6H3,(H,25,28). The third-order valence-electron chi connectivity index (χ3n) is 5.26. The first-order chi connectivity index (χ1) is 14.1. The Morgan fingerprint density at radius 2 is 1.93 bits per heavy atom. The zero-order chi connectivity index (χ0) is 22.2. The number of aromatic amines is 1. The van der Waals surface area contributed by atoms with E-state index in [1.807, 2.05) is 53.9 Å². The number of aromatic nitrogens is 1. The summed E-state index contributed by atoms with van der Waals surface area (Å²) in [7, 11) is 3.99. The molecule has 6 nitrogen and oxygen atoms in total. The van der Waals surface area contributed by atoms with E-state index in [2.05, 4.69) is 9.88 Å². The number of pyridine rings is 1. The normalized spacial score (nSPS) is 13.9. The molecular weight excluding hydrogens is 402 g/mol. The van der Waals surface area contributed by atoms with Gasteiger partial charge in [0.25, 0.3) is 11.5 Å². The van der Waals surface area contributed by atoms with Crippen LogP contribution in [0.25, 0.3) is 0 Å². The minimum Gasteiger partial charge on any atom is -0.489 e. The van der Waals surface area contributed by atoms with Crippen molar-refractivity contribution < 1.29 is 9.53 Å². The van der Waals surface area contributed by atoms with E-state index in [0.29, 0.717) is 41.4 Å². The number of amides is 1. The number of H-pyrrole nitrogens is 1. The van der Waals surface area contributed by atoms with Gasteiger partial charge in [-0.05, 0) is 77.0 Å². The number of aryl methyl sites for hydroxylation is 2. The number of ether oxygens (including phenoxy) is 1. The molecule has 1 aliphatic rings. The van der Waals surface area contributed by atoms with Gasteiger partial charge in [-0.3, -0.25) is 9.59 Å². The van der Waals surface area contributed by atoms with Crippen LogP contribution in [0.2, 0.25) is 5.02 Å². The van der Waals surface area contributed by atoms with E-state index in [9.17, 15) is 9.59 Å². The lowest BCUT2D eigenvalue weighted by Crippen LogP contribution is -2.39. The molecule has 0 bridgehead atoms. The quantitative estimate of drug-likeness (QED) is 0.757. The van der Waals surface area contributed by atoms with E-state index < -0.39 is 0 Å². The van der Waals surface area contributed by atoms with Gasteiger partial charge in [-0.2, -0.15) is 0 Å². The number of hydrogen-bond donors (Lipinski definition) is 1. The molecule has 0 fully saturated rings. The van der Waals surface area contributed by atoms with E-state index in [-0.39, 0.29) is 24.1 Å². The lowest BCUT2D eigenvalue weighted by atomic mass is 9.92. The Bertz CT molecular complexity index is 1030. The van der Waals surface area contributed by atoms with Crippen molar-refractivity contribution in [1.29, 1.82) is 0 Å². The number of hydrogen-bond acceptors (Lipinski definition) is 4. The maximum atomic E-state index is 13.5. The summed E-state index contributed by atoms with van der Waals surface area (Å²) < 4.78 is 5.91. The fourth-order valence-corrected chi connectivity index (χ4v) is 4.28. The lowest BCUT2D eigenvalue weighted by Gasteiger charge is -2.32. The van der Waals surface area contributed by atoms with E-state index >= 15 is 0 Å². The van der Waals surface area contributed by atoms with Crippen LogP contribution in [0.4, 0.5) is 0 Å². The maximum Gasteiger partial charge on any atom is 0.256 e. The summed E-state index contributed by atoms with van der Waals surface area (Å²) in [6, 6.07) is 3.88. The van der Waals surface area contributed by atoms with Crippen molar-refractivity contribution in [3.8, 4) is 5.75 Å². The molecule has 1 aromatic heterocycles. The predicted molar refractivity (Wildman–Crippen MR) is 120 cm³/mol. The molecule has 1 aliphatic heterocycles. The van der Waals surface area contributed by atoms with Crippen molar-refractivity contribution in [2.24, 2.45) is 0 Å². The van der Waals surface area contributed by atoms with Gasteiger partial charge in [0, 0.05) is 24.3 Å². The highest BCUT2D eigenvalue weighted by Gasteiger charge is 2.31. The number of carbonyl (C=O) groups is 1. The van der Waals surface area contributed by atoms with Gasteiger partial charge in [0.1, 0.15) is 5.75 Å². The van der Waals surface area contributed by atoms with E-state index in [1.165, 1.54) is 0 Å². The SMILES string of the molecule is Cc1cc(C)c(CN2CCc3c(CN(C)C)cc(OC(C)C)c(Cl)c3C2=O)c(=O)[nH]1. The van der Waals surface area contributed by atoms with Gasteiger partial charge in [0.05, 0.1) is 23.2 Å². The molecule has 1 N–H and O–H groups in total. The number of halogens is 1. The topological polar surface area (TPSA) is 65.6 Å². The first-order valence-corrected chi connectivity index (χ1v) is 10.6. The van der Waals surface area contributed by atoms with E-state index in [1.54, 1.807) is 4.90 Å². The Kier molecular flexibility index (Phi) is 6.58. The van der Waals surface area contributed by atoms with Crippen molar-refractivity contribution in [2.45, 2.75) is 53.3 Å². The largest absolute Gasteiger partial charge is 0.489 e. The second-order valence-corrected chi connectivity index (χ2v) is 8.90. The molecule has 7 heteroatoms. The average Bonchev–Trinajstić information content (AvgIpc) is 2.62. The molecule has 162 valence electrons. The summed E-state index contributed by atoms with van der Waals surface area (Å²) in [4.78, 5) is 32.5. The van der Waals surface area contributed by atoms with Crippen molar-refractivity contribution in [3.05, 3.63) is 61.0 Å². The summed E-state index contributed by atoms with van der Waals surface area (Å²) in [5, 5.41) is 0.352. The smallest absolute Gasteiger partial charge is 0.256 e. The monoisotopic (exact) mass is 431 g/mol. The van der Waals surface area contributed by atoms with Crippen LogP contribution in [-0.2, 0) is 19.5 Å². The van der Waals surface area contributed by atoms with Crippen LogP contribution >= 0.6 is 11.6 Å². The molecule has 30 heavy (non-hydrogen) atoms. The molecule has 0 unspecified atom stereocenters. The van der Waals surface area contributed by atoms with Crippen molar-refractivity contribution in [3.63, 3.8) is 0 Å².